The maximum absolute atomic E-state index is 14.0. The molecule has 1 unspecified atom stereocenters. The lowest BCUT2D eigenvalue weighted by molar-refractivity contribution is 0.563. The van der Waals surface area contributed by atoms with Gasteiger partial charge in [-0.3, -0.25) is 0 Å². The van der Waals surface area contributed by atoms with Crippen LogP contribution in [0, 0.1) is 5.82 Å². The quantitative estimate of drug-likeness (QED) is 0.875. The zero-order valence-electron chi connectivity index (χ0n) is 9.41. The largest absolute Gasteiger partial charge is 0.306 e. The van der Waals surface area contributed by atoms with E-state index in [0.29, 0.717) is 5.56 Å². The van der Waals surface area contributed by atoms with Crippen molar-refractivity contribution in [2.75, 3.05) is 6.54 Å². The third-order valence-corrected chi connectivity index (χ3v) is 3.76. The van der Waals surface area contributed by atoms with Crippen LogP contribution in [0.15, 0.2) is 35.7 Å². The first kappa shape index (κ1) is 12.6. The summed E-state index contributed by atoms with van der Waals surface area (Å²) in [5.41, 5.74) is 0.599. The van der Waals surface area contributed by atoms with E-state index in [0.717, 1.165) is 11.4 Å². The molecule has 1 atom stereocenters. The number of hydrogen-bond acceptors (Lipinski definition) is 2. The summed E-state index contributed by atoms with van der Waals surface area (Å²) >= 11 is 7.43. The van der Waals surface area contributed by atoms with Gasteiger partial charge in [0.2, 0.25) is 0 Å². The summed E-state index contributed by atoms with van der Waals surface area (Å²) in [6.07, 6.45) is 0. The van der Waals surface area contributed by atoms with Gasteiger partial charge in [-0.15, -0.1) is 11.3 Å². The molecule has 1 N–H and O–H groups in total. The highest BCUT2D eigenvalue weighted by atomic mass is 35.5. The van der Waals surface area contributed by atoms with Crippen LogP contribution in [0.1, 0.15) is 23.4 Å². The van der Waals surface area contributed by atoms with E-state index in [-0.39, 0.29) is 16.9 Å². The number of thiophene rings is 1. The maximum atomic E-state index is 14.0. The minimum atomic E-state index is -0.339. The Labute approximate surface area is 109 Å². The third-order valence-electron chi connectivity index (χ3n) is 2.53. The van der Waals surface area contributed by atoms with Gasteiger partial charge in [-0.05, 0) is 24.1 Å². The molecule has 1 aromatic carbocycles. The number of halogens is 2. The number of rotatable bonds is 4. The van der Waals surface area contributed by atoms with Crippen molar-refractivity contribution in [3.05, 3.63) is 57.0 Å². The molecule has 0 amide bonds. The number of benzene rings is 1. The van der Waals surface area contributed by atoms with E-state index >= 15 is 0 Å². The van der Waals surface area contributed by atoms with Crippen LogP contribution < -0.4 is 5.32 Å². The normalized spacial score (nSPS) is 12.6. The molecule has 4 heteroatoms. The van der Waals surface area contributed by atoms with Gasteiger partial charge in [0, 0.05) is 10.4 Å². The van der Waals surface area contributed by atoms with Crippen molar-refractivity contribution >= 4 is 22.9 Å². The zero-order chi connectivity index (χ0) is 12.3. The molecule has 2 aromatic rings. The lowest BCUT2D eigenvalue weighted by Crippen LogP contribution is -2.22. The second-order valence-corrected chi connectivity index (χ2v) is 5.04. The molecule has 0 saturated carbocycles. The van der Waals surface area contributed by atoms with Crippen LogP contribution in [0.2, 0.25) is 5.02 Å². The predicted molar refractivity (Wildman–Crippen MR) is 71.2 cm³/mol. The highest BCUT2D eigenvalue weighted by Crippen LogP contribution is 2.30. The van der Waals surface area contributed by atoms with Crippen molar-refractivity contribution < 1.29 is 4.39 Å². The van der Waals surface area contributed by atoms with E-state index in [9.17, 15) is 4.39 Å². The topological polar surface area (TPSA) is 12.0 Å². The van der Waals surface area contributed by atoms with Crippen LogP contribution in [-0.2, 0) is 0 Å². The minimum absolute atomic E-state index is 0.126. The summed E-state index contributed by atoms with van der Waals surface area (Å²) in [6.45, 7) is 2.78. The smallest absolute Gasteiger partial charge is 0.146 e. The van der Waals surface area contributed by atoms with Crippen molar-refractivity contribution in [2.45, 2.75) is 13.0 Å². The highest BCUT2D eigenvalue weighted by Gasteiger charge is 2.19. The lowest BCUT2D eigenvalue weighted by Gasteiger charge is -2.18. The van der Waals surface area contributed by atoms with Crippen molar-refractivity contribution in [3.63, 3.8) is 0 Å². The van der Waals surface area contributed by atoms with Crippen LogP contribution in [-0.4, -0.2) is 6.54 Å². The van der Waals surface area contributed by atoms with E-state index in [1.807, 2.05) is 24.4 Å². The van der Waals surface area contributed by atoms with Gasteiger partial charge in [0.1, 0.15) is 5.82 Å². The third kappa shape index (κ3) is 2.68. The zero-order valence-corrected chi connectivity index (χ0v) is 11.0. The molecular formula is C13H13ClFNS. The fourth-order valence-corrected chi connectivity index (χ4v) is 2.77. The summed E-state index contributed by atoms with van der Waals surface area (Å²) in [5.74, 6) is -0.339. The van der Waals surface area contributed by atoms with Gasteiger partial charge in [0.15, 0.2) is 0 Å². The van der Waals surface area contributed by atoms with Crippen LogP contribution in [0.5, 0.6) is 0 Å². The Bertz CT molecular complexity index is 484. The number of hydrogen-bond donors (Lipinski definition) is 1. The molecule has 1 heterocycles. The van der Waals surface area contributed by atoms with Crippen LogP contribution in [0.3, 0.4) is 0 Å². The minimum Gasteiger partial charge on any atom is -0.306 e. The first-order valence-electron chi connectivity index (χ1n) is 5.44. The predicted octanol–water partition coefficient (Wildman–Crippen LogP) is 4.24. The lowest BCUT2D eigenvalue weighted by atomic mass is 10.0. The Morgan fingerprint density at radius 2 is 2.18 bits per heavy atom. The van der Waals surface area contributed by atoms with Crippen LogP contribution in [0.25, 0.3) is 0 Å². The highest BCUT2D eigenvalue weighted by molar-refractivity contribution is 7.10. The van der Waals surface area contributed by atoms with Gasteiger partial charge in [0.25, 0.3) is 0 Å². The van der Waals surface area contributed by atoms with Crippen molar-refractivity contribution in [2.24, 2.45) is 0 Å². The van der Waals surface area contributed by atoms with E-state index in [1.54, 1.807) is 29.5 Å². The molecule has 0 saturated heterocycles. The molecule has 1 nitrogen and oxygen atoms in total. The second-order valence-electron chi connectivity index (χ2n) is 3.65. The molecule has 0 aliphatic heterocycles. The van der Waals surface area contributed by atoms with Crippen LogP contribution in [0.4, 0.5) is 4.39 Å². The molecule has 0 spiro atoms. The van der Waals surface area contributed by atoms with Crippen molar-refractivity contribution in [1.29, 1.82) is 0 Å². The Hall–Kier alpha value is -0.900. The fraction of sp³-hybridized carbons (Fsp3) is 0.231. The van der Waals surface area contributed by atoms with E-state index in [1.165, 1.54) is 0 Å². The second kappa shape index (κ2) is 5.63. The monoisotopic (exact) mass is 269 g/mol. The average molecular weight is 270 g/mol. The molecule has 0 aliphatic carbocycles. The Balaban J connectivity index is 2.43. The summed E-state index contributed by atoms with van der Waals surface area (Å²) in [5, 5.41) is 5.44. The maximum Gasteiger partial charge on any atom is 0.146 e. The molecule has 2 rings (SSSR count). The van der Waals surface area contributed by atoms with Gasteiger partial charge in [-0.2, -0.15) is 0 Å². The molecule has 0 aliphatic rings. The molecule has 17 heavy (non-hydrogen) atoms. The van der Waals surface area contributed by atoms with E-state index < -0.39 is 0 Å². The molecule has 90 valence electrons. The Morgan fingerprint density at radius 3 is 2.82 bits per heavy atom. The van der Waals surface area contributed by atoms with Gasteiger partial charge < -0.3 is 5.32 Å². The standard InChI is InChI=1S/C13H13ClFNS/c1-2-16-13(11-7-4-8-17-11)9-5-3-6-10(14)12(9)15/h3-8,13,16H,2H2,1H3. The molecular weight excluding hydrogens is 257 g/mol. The Kier molecular flexibility index (Phi) is 4.15. The van der Waals surface area contributed by atoms with Gasteiger partial charge in [-0.1, -0.05) is 36.7 Å². The summed E-state index contributed by atoms with van der Waals surface area (Å²) in [4.78, 5) is 1.09. The summed E-state index contributed by atoms with van der Waals surface area (Å²) in [6, 6.07) is 8.95. The fourth-order valence-electron chi connectivity index (χ4n) is 1.77. The van der Waals surface area contributed by atoms with E-state index in [4.69, 9.17) is 11.6 Å². The van der Waals surface area contributed by atoms with E-state index in [2.05, 4.69) is 5.32 Å². The SMILES string of the molecule is CCNC(c1cccs1)c1cccc(Cl)c1F. The van der Waals surface area contributed by atoms with Crippen LogP contribution >= 0.6 is 22.9 Å². The first-order valence-corrected chi connectivity index (χ1v) is 6.70. The van der Waals surface area contributed by atoms with Gasteiger partial charge in [0.05, 0.1) is 11.1 Å². The summed E-state index contributed by atoms with van der Waals surface area (Å²) < 4.78 is 14.0. The number of nitrogens with one attached hydrogen (secondary N) is 1. The molecule has 0 fully saturated rings. The molecule has 0 radical (unpaired) electrons. The summed E-state index contributed by atoms with van der Waals surface area (Å²) in [7, 11) is 0. The first-order chi connectivity index (χ1) is 8.24. The Morgan fingerprint density at radius 1 is 1.35 bits per heavy atom. The van der Waals surface area contributed by atoms with Gasteiger partial charge >= 0.3 is 0 Å². The molecule has 1 aromatic heterocycles. The average Bonchev–Trinajstić information content (AvgIpc) is 2.84. The van der Waals surface area contributed by atoms with Gasteiger partial charge in [-0.25, -0.2) is 4.39 Å². The van der Waals surface area contributed by atoms with Crippen molar-refractivity contribution in [1.82, 2.24) is 5.32 Å². The van der Waals surface area contributed by atoms with Crippen molar-refractivity contribution in [3.8, 4) is 0 Å². The molecule has 0 bridgehead atoms.